The number of carboxylic acid groups (broad SMARTS) is 1. The minimum absolute atomic E-state index is 0.207. The summed E-state index contributed by atoms with van der Waals surface area (Å²) in [4.78, 5) is 14.7. The Morgan fingerprint density at radius 2 is 2.44 bits per heavy atom. The Morgan fingerprint density at radius 3 is 3.06 bits per heavy atom. The third-order valence-corrected chi connectivity index (χ3v) is 1.76. The van der Waals surface area contributed by atoms with Crippen molar-refractivity contribution in [1.29, 1.82) is 0 Å². The van der Waals surface area contributed by atoms with Gasteiger partial charge in [0.2, 0.25) is 0 Å². The fourth-order valence-electron chi connectivity index (χ4n) is 1.06. The fourth-order valence-corrected chi connectivity index (χ4v) is 1.06. The van der Waals surface area contributed by atoms with Gasteiger partial charge in [0, 0.05) is 6.20 Å². The van der Waals surface area contributed by atoms with Crippen LogP contribution < -0.4 is 5.32 Å². The molecule has 16 heavy (non-hydrogen) atoms. The number of anilines is 1. The quantitative estimate of drug-likeness (QED) is 0.566. The second kappa shape index (κ2) is 5.75. The molecule has 2 N–H and O–H groups in total. The zero-order valence-corrected chi connectivity index (χ0v) is 9.06. The van der Waals surface area contributed by atoms with Crippen molar-refractivity contribution in [1.82, 2.24) is 4.98 Å². The molecule has 0 bridgehead atoms. The van der Waals surface area contributed by atoms with Crippen LogP contribution in [0.2, 0.25) is 0 Å². The van der Waals surface area contributed by atoms with Crippen molar-refractivity contribution in [2.24, 2.45) is 0 Å². The lowest BCUT2D eigenvalue weighted by Crippen LogP contribution is -2.10. The highest BCUT2D eigenvalue weighted by molar-refractivity contribution is 5.88. The predicted molar refractivity (Wildman–Crippen MR) is 60.5 cm³/mol. The maximum atomic E-state index is 10.7. The number of hydrogen-bond donors (Lipinski definition) is 2. The van der Waals surface area contributed by atoms with E-state index in [1.807, 2.05) is 0 Å². The summed E-state index contributed by atoms with van der Waals surface area (Å²) in [5.41, 5.74) is 0.207. The summed E-state index contributed by atoms with van der Waals surface area (Å²) in [7, 11) is 0. The van der Waals surface area contributed by atoms with E-state index in [1.165, 1.54) is 18.3 Å². The standard InChI is InChI=1S/C11H14N2O3/c1-8(2)16-6-5-13-10-7-9(11(14)15)3-4-12-10/h3-4,7H,1,5-6H2,2H3,(H,12,13)(H,14,15). The van der Waals surface area contributed by atoms with Crippen LogP contribution in [0.5, 0.6) is 0 Å². The van der Waals surface area contributed by atoms with Crippen LogP contribution in [-0.4, -0.2) is 29.2 Å². The van der Waals surface area contributed by atoms with Crippen molar-refractivity contribution in [3.63, 3.8) is 0 Å². The van der Waals surface area contributed by atoms with Gasteiger partial charge in [0.05, 0.1) is 17.9 Å². The van der Waals surface area contributed by atoms with Gasteiger partial charge in [0.15, 0.2) is 0 Å². The number of carbonyl (C=O) groups is 1. The smallest absolute Gasteiger partial charge is 0.335 e. The summed E-state index contributed by atoms with van der Waals surface area (Å²) in [5.74, 6) is 0.197. The molecule has 0 aromatic carbocycles. The topological polar surface area (TPSA) is 71.5 Å². The van der Waals surface area contributed by atoms with Gasteiger partial charge >= 0.3 is 5.97 Å². The maximum absolute atomic E-state index is 10.7. The molecule has 0 radical (unpaired) electrons. The number of hydrogen-bond acceptors (Lipinski definition) is 4. The van der Waals surface area contributed by atoms with Crippen molar-refractivity contribution >= 4 is 11.8 Å². The van der Waals surface area contributed by atoms with E-state index in [9.17, 15) is 4.79 Å². The Hall–Kier alpha value is -2.04. The second-order valence-corrected chi connectivity index (χ2v) is 3.21. The second-order valence-electron chi connectivity index (χ2n) is 3.21. The average Bonchev–Trinajstić information content (AvgIpc) is 2.24. The minimum atomic E-state index is -0.969. The number of ether oxygens (including phenoxy) is 1. The molecule has 0 atom stereocenters. The first-order valence-electron chi connectivity index (χ1n) is 4.81. The van der Waals surface area contributed by atoms with Crippen LogP contribution in [0.25, 0.3) is 0 Å². The minimum Gasteiger partial charge on any atom is -0.497 e. The van der Waals surface area contributed by atoms with Crippen molar-refractivity contribution in [2.45, 2.75) is 6.92 Å². The number of aromatic carboxylic acids is 1. The number of carboxylic acids is 1. The average molecular weight is 222 g/mol. The highest BCUT2D eigenvalue weighted by atomic mass is 16.5. The van der Waals surface area contributed by atoms with Crippen LogP contribution in [0.3, 0.4) is 0 Å². The highest BCUT2D eigenvalue weighted by Gasteiger charge is 2.03. The number of aromatic nitrogens is 1. The van der Waals surface area contributed by atoms with Gasteiger partial charge in [-0.1, -0.05) is 6.58 Å². The summed E-state index contributed by atoms with van der Waals surface area (Å²) in [6.45, 7) is 6.37. The summed E-state index contributed by atoms with van der Waals surface area (Å²) < 4.78 is 5.14. The predicted octanol–water partition coefficient (Wildman–Crippen LogP) is 1.74. The van der Waals surface area contributed by atoms with Gasteiger partial charge in [-0.25, -0.2) is 9.78 Å². The highest BCUT2D eigenvalue weighted by Crippen LogP contribution is 2.06. The van der Waals surface area contributed by atoms with E-state index in [4.69, 9.17) is 9.84 Å². The van der Waals surface area contributed by atoms with E-state index in [2.05, 4.69) is 16.9 Å². The summed E-state index contributed by atoms with van der Waals surface area (Å²) in [5, 5.41) is 11.7. The number of rotatable bonds is 6. The van der Waals surface area contributed by atoms with E-state index in [1.54, 1.807) is 6.92 Å². The SMILES string of the molecule is C=C(C)OCCNc1cc(C(=O)O)ccn1. The van der Waals surface area contributed by atoms with Crippen molar-refractivity contribution < 1.29 is 14.6 Å². The summed E-state index contributed by atoms with van der Waals surface area (Å²) >= 11 is 0. The Kier molecular flexibility index (Phi) is 4.32. The Labute approximate surface area is 93.8 Å². The third-order valence-electron chi connectivity index (χ3n) is 1.76. The van der Waals surface area contributed by atoms with Crippen LogP contribution in [0, 0.1) is 0 Å². The molecular weight excluding hydrogens is 208 g/mol. The molecule has 0 spiro atoms. The molecule has 0 amide bonds. The van der Waals surface area contributed by atoms with Crippen molar-refractivity contribution in [3.05, 3.63) is 36.2 Å². The van der Waals surface area contributed by atoms with E-state index in [0.29, 0.717) is 24.7 Å². The molecule has 0 saturated carbocycles. The van der Waals surface area contributed by atoms with Gasteiger partial charge in [-0.2, -0.15) is 0 Å². The molecule has 5 nitrogen and oxygen atoms in total. The molecule has 86 valence electrons. The van der Waals surface area contributed by atoms with E-state index in [-0.39, 0.29) is 5.56 Å². The lowest BCUT2D eigenvalue weighted by Gasteiger charge is -2.07. The fraction of sp³-hybridized carbons (Fsp3) is 0.273. The molecule has 0 aliphatic rings. The molecule has 0 aliphatic heterocycles. The first-order valence-corrected chi connectivity index (χ1v) is 4.81. The molecule has 5 heteroatoms. The zero-order valence-electron chi connectivity index (χ0n) is 9.06. The zero-order chi connectivity index (χ0) is 12.0. The Bertz CT molecular complexity index is 391. The molecule has 0 saturated heterocycles. The number of nitrogens with one attached hydrogen (secondary N) is 1. The maximum Gasteiger partial charge on any atom is 0.335 e. The molecule has 1 aromatic heterocycles. The van der Waals surface area contributed by atoms with Crippen molar-refractivity contribution in [2.75, 3.05) is 18.5 Å². The van der Waals surface area contributed by atoms with Gasteiger partial charge in [-0.3, -0.25) is 0 Å². The monoisotopic (exact) mass is 222 g/mol. The lowest BCUT2D eigenvalue weighted by atomic mass is 10.2. The van der Waals surface area contributed by atoms with Crippen LogP contribution in [0.15, 0.2) is 30.7 Å². The van der Waals surface area contributed by atoms with Gasteiger partial charge in [-0.15, -0.1) is 0 Å². The van der Waals surface area contributed by atoms with Crippen LogP contribution in [-0.2, 0) is 4.74 Å². The molecule has 1 aromatic rings. The molecule has 0 aliphatic carbocycles. The molecule has 0 fully saturated rings. The number of pyridine rings is 1. The van der Waals surface area contributed by atoms with Gasteiger partial charge in [-0.05, 0) is 19.1 Å². The lowest BCUT2D eigenvalue weighted by molar-refractivity contribution is 0.0697. The largest absolute Gasteiger partial charge is 0.497 e. The first-order chi connectivity index (χ1) is 7.59. The Morgan fingerprint density at radius 1 is 1.69 bits per heavy atom. The van der Waals surface area contributed by atoms with Crippen LogP contribution in [0.4, 0.5) is 5.82 Å². The summed E-state index contributed by atoms with van der Waals surface area (Å²) in [6.07, 6.45) is 1.45. The number of allylic oxidation sites excluding steroid dienone is 1. The van der Waals surface area contributed by atoms with Crippen molar-refractivity contribution in [3.8, 4) is 0 Å². The Balaban J connectivity index is 2.45. The van der Waals surface area contributed by atoms with E-state index in [0.717, 1.165) is 0 Å². The van der Waals surface area contributed by atoms with Gasteiger partial charge < -0.3 is 15.2 Å². The molecule has 0 unspecified atom stereocenters. The first kappa shape index (κ1) is 12.0. The van der Waals surface area contributed by atoms with Crippen LogP contribution >= 0.6 is 0 Å². The molecule has 1 rings (SSSR count). The van der Waals surface area contributed by atoms with Gasteiger partial charge in [0.25, 0.3) is 0 Å². The van der Waals surface area contributed by atoms with Gasteiger partial charge in [0.1, 0.15) is 12.4 Å². The van der Waals surface area contributed by atoms with E-state index >= 15 is 0 Å². The normalized spacial score (nSPS) is 9.56. The molecule has 1 heterocycles. The van der Waals surface area contributed by atoms with Crippen LogP contribution in [0.1, 0.15) is 17.3 Å². The van der Waals surface area contributed by atoms with E-state index < -0.39 is 5.97 Å². The number of nitrogens with zero attached hydrogens (tertiary/aromatic N) is 1. The summed E-state index contributed by atoms with van der Waals surface area (Å²) in [6, 6.07) is 2.92. The molecular formula is C11H14N2O3. The third kappa shape index (κ3) is 4.00.